The maximum absolute atomic E-state index is 12.4. The highest BCUT2D eigenvalue weighted by Crippen LogP contribution is 2.17. The van der Waals surface area contributed by atoms with E-state index in [2.05, 4.69) is 43.5 Å². The Kier molecular flexibility index (Phi) is 56.5. The molecule has 0 spiro atoms. The molecule has 2 unspecified atom stereocenters. The predicted octanol–water partition coefficient (Wildman–Crippen LogP) is 19.0. The fraction of sp³-hybridized carbons (Fsp3) is 0.903. The number of allylic oxidation sites excluding steroid dienone is 4. The smallest absolute Gasteiger partial charge is 0.305 e. The molecule has 0 heterocycles. The zero-order chi connectivity index (χ0) is 49.3. The van der Waals surface area contributed by atoms with Gasteiger partial charge in [-0.2, -0.15) is 0 Å². The Bertz CT molecular complexity index is 1060. The predicted molar refractivity (Wildman–Crippen MR) is 296 cm³/mol. The molecular formula is C62H119NO5. The summed E-state index contributed by atoms with van der Waals surface area (Å²) >= 11 is 0. The fourth-order valence-electron chi connectivity index (χ4n) is 9.51. The lowest BCUT2D eigenvalue weighted by atomic mass is 10.0. The first-order chi connectivity index (χ1) is 33.5. The molecule has 0 aliphatic carbocycles. The van der Waals surface area contributed by atoms with E-state index in [0.29, 0.717) is 25.9 Å². The number of nitrogens with one attached hydrogen (secondary N) is 1. The molecule has 3 N–H and O–H groups in total. The van der Waals surface area contributed by atoms with Crippen molar-refractivity contribution in [3.05, 3.63) is 24.3 Å². The van der Waals surface area contributed by atoms with Crippen LogP contribution in [-0.4, -0.2) is 47.4 Å². The summed E-state index contributed by atoms with van der Waals surface area (Å²) in [5.74, 6) is -0.0332. The van der Waals surface area contributed by atoms with Gasteiger partial charge in [0.05, 0.1) is 25.4 Å². The minimum absolute atomic E-state index is 0.00972. The number of aliphatic hydroxyl groups is 2. The van der Waals surface area contributed by atoms with Gasteiger partial charge in [0.2, 0.25) is 5.91 Å². The van der Waals surface area contributed by atoms with Crippen molar-refractivity contribution in [1.82, 2.24) is 5.32 Å². The molecule has 0 aromatic rings. The van der Waals surface area contributed by atoms with Crippen LogP contribution in [0.2, 0.25) is 0 Å². The van der Waals surface area contributed by atoms with Gasteiger partial charge in [-0.05, 0) is 77.0 Å². The third-order valence-electron chi connectivity index (χ3n) is 14.2. The van der Waals surface area contributed by atoms with Gasteiger partial charge in [-0.15, -0.1) is 0 Å². The zero-order valence-electron chi connectivity index (χ0n) is 45.9. The van der Waals surface area contributed by atoms with E-state index in [0.717, 1.165) is 44.9 Å². The van der Waals surface area contributed by atoms with Crippen molar-refractivity contribution in [2.75, 3.05) is 13.2 Å². The largest absolute Gasteiger partial charge is 0.466 e. The molecule has 0 aliphatic heterocycles. The number of hydrogen-bond acceptors (Lipinski definition) is 5. The van der Waals surface area contributed by atoms with Crippen LogP contribution in [0.15, 0.2) is 24.3 Å². The molecule has 6 nitrogen and oxygen atoms in total. The molecular weight excluding hydrogens is 839 g/mol. The quantitative estimate of drug-likeness (QED) is 0.0321. The summed E-state index contributed by atoms with van der Waals surface area (Å²) in [5, 5.41) is 23.1. The Morgan fingerprint density at radius 2 is 0.691 bits per heavy atom. The van der Waals surface area contributed by atoms with Crippen molar-refractivity contribution < 1.29 is 24.5 Å². The number of amides is 1. The number of rotatable bonds is 57. The maximum Gasteiger partial charge on any atom is 0.305 e. The summed E-state index contributed by atoms with van der Waals surface area (Å²) in [6, 6.07) is -0.544. The summed E-state index contributed by atoms with van der Waals surface area (Å²) < 4.78 is 5.50. The van der Waals surface area contributed by atoms with Crippen molar-refractivity contribution in [2.45, 2.75) is 347 Å². The van der Waals surface area contributed by atoms with E-state index in [1.165, 1.54) is 257 Å². The number of carbonyl (C=O) groups is 2. The molecule has 0 rings (SSSR count). The van der Waals surface area contributed by atoms with E-state index in [1.807, 2.05) is 0 Å². The van der Waals surface area contributed by atoms with Crippen LogP contribution < -0.4 is 5.32 Å². The Morgan fingerprint density at radius 1 is 0.397 bits per heavy atom. The Labute approximate surface area is 424 Å². The number of hydrogen-bond donors (Lipinski definition) is 3. The molecule has 0 aromatic heterocycles. The Balaban J connectivity index is 3.37. The standard InChI is InChI=1S/C62H119NO5/c1-3-5-7-9-11-13-15-16-17-18-23-27-30-33-36-40-44-48-52-56-62(67)68-57-53-49-45-41-37-34-31-28-25-22-20-19-21-24-26-29-32-35-39-43-47-51-55-61(66)63-59(58-64)60(65)54-50-46-42-38-14-12-10-8-6-4-2/h16-17,21,24,59-60,64-65H,3-15,18-20,22-23,25-58H2,1-2H3,(H,63,66)/b17-16-,24-21-. The second kappa shape index (κ2) is 57.9. The van der Waals surface area contributed by atoms with E-state index in [9.17, 15) is 19.8 Å². The lowest BCUT2D eigenvalue weighted by Crippen LogP contribution is -2.45. The average Bonchev–Trinajstić information content (AvgIpc) is 3.34. The van der Waals surface area contributed by atoms with E-state index in [4.69, 9.17) is 4.74 Å². The molecule has 0 saturated heterocycles. The summed E-state index contributed by atoms with van der Waals surface area (Å²) in [6.45, 7) is 4.94. The monoisotopic (exact) mass is 958 g/mol. The van der Waals surface area contributed by atoms with Gasteiger partial charge in [0.1, 0.15) is 0 Å². The van der Waals surface area contributed by atoms with E-state index < -0.39 is 12.1 Å². The molecule has 0 bridgehead atoms. The highest BCUT2D eigenvalue weighted by molar-refractivity contribution is 5.76. The lowest BCUT2D eigenvalue weighted by Gasteiger charge is -2.22. The van der Waals surface area contributed by atoms with Crippen LogP contribution in [-0.2, 0) is 14.3 Å². The topological polar surface area (TPSA) is 95.9 Å². The van der Waals surface area contributed by atoms with Crippen molar-refractivity contribution in [3.63, 3.8) is 0 Å². The first kappa shape index (κ1) is 66.3. The van der Waals surface area contributed by atoms with E-state index >= 15 is 0 Å². The van der Waals surface area contributed by atoms with Crippen LogP contribution in [0.25, 0.3) is 0 Å². The summed E-state index contributed by atoms with van der Waals surface area (Å²) in [4.78, 5) is 24.5. The maximum atomic E-state index is 12.4. The molecule has 0 aromatic carbocycles. The van der Waals surface area contributed by atoms with Gasteiger partial charge in [0, 0.05) is 12.8 Å². The second-order valence-electron chi connectivity index (χ2n) is 21.0. The summed E-state index contributed by atoms with van der Waals surface area (Å²) in [7, 11) is 0. The lowest BCUT2D eigenvalue weighted by molar-refractivity contribution is -0.143. The van der Waals surface area contributed by atoms with Crippen molar-refractivity contribution in [3.8, 4) is 0 Å². The Hall–Kier alpha value is -1.66. The number of aliphatic hydroxyl groups excluding tert-OH is 2. The summed E-state index contributed by atoms with van der Waals surface area (Å²) in [6.07, 6.45) is 70.5. The van der Waals surface area contributed by atoms with E-state index in [-0.39, 0.29) is 18.5 Å². The van der Waals surface area contributed by atoms with Crippen LogP contribution in [0.4, 0.5) is 0 Å². The van der Waals surface area contributed by atoms with Crippen LogP contribution >= 0.6 is 0 Å². The van der Waals surface area contributed by atoms with Crippen LogP contribution in [0, 0.1) is 0 Å². The van der Waals surface area contributed by atoms with Gasteiger partial charge >= 0.3 is 5.97 Å². The van der Waals surface area contributed by atoms with Gasteiger partial charge in [-0.3, -0.25) is 9.59 Å². The van der Waals surface area contributed by atoms with Crippen LogP contribution in [0.3, 0.4) is 0 Å². The normalized spacial score (nSPS) is 12.7. The fourth-order valence-corrected chi connectivity index (χ4v) is 9.51. The minimum Gasteiger partial charge on any atom is -0.466 e. The molecule has 0 saturated carbocycles. The van der Waals surface area contributed by atoms with Crippen molar-refractivity contribution in [1.29, 1.82) is 0 Å². The molecule has 0 fully saturated rings. The first-order valence-corrected chi connectivity index (χ1v) is 30.6. The molecule has 1 amide bonds. The molecule has 0 aliphatic rings. The average molecular weight is 959 g/mol. The third kappa shape index (κ3) is 53.7. The van der Waals surface area contributed by atoms with Crippen LogP contribution in [0.1, 0.15) is 335 Å². The highest BCUT2D eigenvalue weighted by atomic mass is 16.5. The van der Waals surface area contributed by atoms with Gasteiger partial charge in [-0.25, -0.2) is 0 Å². The minimum atomic E-state index is -0.666. The van der Waals surface area contributed by atoms with Gasteiger partial charge in [-0.1, -0.05) is 269 Å². The van der Waals surface area contributed by atoms with Crippen molar-refractivity contribution >= 4 is 11.9 Å². The zero-order valence-corrected chi connectivity index (χ0v) is 45.9. The second-order valence-corrected chi connectivity index (χ2v) is 21.0. The number of carbonyl (C=O) groups excluding carboxylic acids is 2. The third-order valence-corrected chi connectivity index (χ3v) is 14.2. The number of ether oxygens (including phenoxy) is 1. The molecule has 0 radical (unpaired) electrons. The molecule has 2 atom stereocenters. The van der Waals surface area contributed by atoms with Gasteiger partial charge in [0.15, 0.2) is 0 Å². The van der Waals surface area contributed by atoms with Crippen LogP contribution in [0.5, 0.6) is 0 Å². The molecule has 68 heavy (non-hydrogen) atoms. The van der Waals surface area contributed by atoms with Gasteiger partial charge in [0.25, 0.3) is 0 Å². The Morgan fingerprint density at radius 3 is 1.04 bits per heavy atom. The van der Waals surface area contributed by atoms with Crippen molar-refractivity contribution in [2.24, 2.45) is 0 Å². The first-order valence-electron chi connectivity index (χ1n) is 30.6. The van der Waals surface area contributed by atoms with E-state index in [1.54, 1.807) is 0 Å². The SMILES string of the molecule is CCCCCCCC/C=C\CCCCCCCCCCCC(=O)OCCCCCCCCCCCCC/C=C\CCCCCCCCCC(=O)NC(CO)C(O)CCCCCCCCCCCC. The molecule has 402 valence electrons. The molecule has 6 heteroatoms. The van der Waals surface area contributed by atoms with Gasteiger partial charge < -0.3 is 20.3 Å². The number of unbranched alkanes of at least 4 members (excludes halogenated alkanes) is 42. The highest BCUT2D eigenvalue weighted by Gasteiger charge is 2.20. The summed E-state index contributed by atoms with van der Waals surface area (Å²) in [5.41, 5.74) is 0. The number of esters is 1.